The van der Waals surface area contributed by atoms with Gasteiger partial charge in [0.1, 0.15) is 33.9 Å². The predicted octanol–water partition coefficient (Wildman–Crippen LogP) is 2.88. The Morgan fingerprint density at radius 2 is 1.06 bits per heavy atom. The molecule has 0 bridgehead atoms. The summed E-state index contributed by atoms with van der Waals surface area (Å²) >= 11 is 0. The zero-order valence-corrected chi connectivity index (χ0v) is 17.3. The smallest absolute Gasteiger partial charge is 0.339 e. The second-order valence-electron chi connectivity index (χ2n) is 7.04. The molecule has 3 aromatic rings. The topological polar surface area (TPSA) is 225 Å². The van der Waals surface area contributed by atoms with E-state index in [2.05, 4.69) is 0 Å². The standard InChI is InChI=1S/C23H16O10.H3N/c24-17-3-1-10(6-13(17)21(28)29)5-11-7-15(20(27)16(8-11)23(32)33)19(26)12-2-4-18(25)14(9-12)22(30)31;/h1-4,6-9,24-25,27H,5H2,(H,28,29)(H,30,31)(H,32,33);1H3. The number of carboxylic acids is 3. The Morgan fingerprint density at radius 1 is 0.588 bits per heavy atom. The highest BCUT2D eigenvalue weighted by Gasteiger charge is 2.23. The summed E-state index contributed by atoms with van der Waals surface area (Å²) in [6.45, 7) is 0. The molecule has 11 nitrogen and oxygen atoms in total. The van der Waals surface area contributed by atoms with Crippen molar-refractivity contribution in [3.8, 4) is 17.2 Å². The monoisotopic (exact) mass is 469 g/mol. The minimum atomic E-state index is -1.53. The molecule has 0 aliphatic rings. The van der Waals surface area contributed by atoms with Crippen molar-refractivity contribution >= 4 is 23.7 Å². The quantitative estimate of drug-likeness (QED) is 0.249. The highest BCUT2D eigenvalue weighted by molar-refractivity contribution is 6.13. The first-order chi connectivity index (χ1) is 15.5. The fourth-order valence-electron chi connectivity index (χ4n) is 3.24. The molecule has 0 aliphatic carbocycles. The predicted molar refractivity (Wildman–Crippen MR) is 116 cm³/mol. The molecule has 0 amide bonds. The third-order valence-corrected chi connectivity index (χ3v) is 4.83. The molecule has 0 fully saturated rings. The zero-order valence-electron chi connectivity index (χ0n) is 17.3. The molecule has 0 unspecified atom stereocenters. The van der Waals surface area contributed by atoms with Gasteiger partial charge in [0.15, 0.2) is 5.78 Å². The fourth-order valence-corrected chi connectivity index (χ4v) is 3.24. The Balaban J connectivity index is 0.00000408. The number of hydrogen-bond acceptors (Lipinski definition) is 8. The Labute approximate surface area is 191 Å². The molecule has 0 saturated carbocycles. The highest BCUT2D eigenvalue weighted by atomic mass is 16.4. The summed E-state index contributed by atoms with van der Waals surface area (Å²) in [4.78, 5) is 47.1. The van der Waals surface area contributed by atoms with Gasteiger partial charge in [-0.15, -0.1) is 0 Å². The van der Waals surface area contributed by atoms with Gasteiger partial charge in [-0.1, -0.05) is 6.07 Å². The Morgan fingerprint density at radius 3 is 1.62 bits per heavy atom. The van der Waals surface area contributed by atoms with Crippen LogP contribution in [0.3, 0.4) is 0 Å². The van der Waals surface area contributed by atoms with Gasteiger partial charge in [0, 0.05) is 5.56 Å². The molecular weight excluding hydrogens is 450 g/mol. The lowest BCUT2D eigenvalue weighted by Crippen LogP contribution is -2.09. The molecule has 34 heavy (non-hydrogen) atoms. The molecule has 0 aromatic heterocycles. The van der Waals surface area contributed by atoms with Crippen LogP contribution in [0, 0.1) is 0 Å². The lowest BCUT2D eigenvalue weighted by Gasteiger charge is -2.12. The van der Waals surface area contributed by atoms with Crippen LogP contribution in [0.15, 0.2) is 48.5 Å². The first-order valence-electron chi connectivity index (χ1n) is 9.25. The Hall–Kier alpha value is -4.90. The second kappa shape index (κ2) is 9.71. The molecule has 0 radical (unpaired) electrons. The van der Waals surface area contributed by atoms with Crippen LogP contribution in [0.5, 0.6) is 17.2 Å². The average molecular weight is 469 g/mol. The van der Waals surface area contributed by atoms with Crippen molar-refractivity contribution in [2.24, 2.45) is 0 Å². The fraction of sp³-hybridized carbons (Fsp3) is 0.0435. The number of carbonyl (C=O) groups excluding carboxylic acids is 1. The second-order valence-corrected chi connectivity index (χ2v) is 7.04. The summed E-state index contributed by atoms with van der Waals surface area (Å²) in [5.41, 5.74) is -1.55. The number of benzene rings is 3. The van der Waals surface area contributed by atoms with E-state index in [1.807, 2.05) is 0 Å². The summed E-state index contributed by atoms with van der Waals surface area (Å²) in [6, 6.07) is 9.07. The molecule has 0 spiro atoms. The van der Waals surface area contributed by atoms with Gasteiger partial charge in [-0.05, 0) is 60.0 Å². The van der Waals surface area contributed by atoms with Gasteiger partial charge in [-0.25, -0.2) is 14.4 Å². The third-order valence-electron chi connectivity index (χ3n) is 4.83. The van der Waals surface area contributed by atoms with E-state index in [1.54, 1.807) is 0 Å². The van der Waals surface area contributed by atoms with E-state index in [9.17, 15) is 39.6 Å². The van der Waals surface area contributed by atoms with Gasteiger partial charge in [0.2, 0.25) is 0 Å². The number of aromatic hydroxyl groups is 3. The molecule has 0 atom stereocenters. The number of ketones is 1. The largest absolute Gasteiger partial charge is 0.507 e. The number of phenols is 3. The normalized spacial score (nSPS) is 10.2. The number of hydrogen-bond donors (Lipinski definition) is 7. The van der Waals surface area contributed by atoms with Gasteiger partial charge in [-0.2, -0.15) is 0 Å². The van der Waals surface area contributed by atoms with Crippen molar-refractivity contribution in [3.05, 3.63) is 87.5 Å². The summed E-state index contributed by atoms with van der Waals surface area (Å²) in [7, 11) is 0. The van der Waals surface area contributed by atoms with E-state index in [1.165, 1.54) is 18.2 Å². The van der Waals surface area contributed by atoms with Crippen LogP contribution in [-0.2, 0) is 6.42 Å². The van der Waals surface area contributed by atoms with Gasteiger partial charge < -0.3 is 36.8 Å². The van der Waals surface area contributed by atoms with Crippen LogP contribution >= 0.6 is 0 Å². The SMILES string of the molecule is N.O=C(O)c1cc(Cc2cc(C(=O)O)c(O)c(C(=O)c3ccc(O)c(C(=O)O)c3)c2)ccc1O. The lowest BCUT2D eigenvalue weighted by molar-refractivity contribution is 0.0682. The van der Waals surface area contributed by atoms with Crippen LogP contribution in [0.1, 0.15) is 58.1 Å². The first-order valence-corrected chi connectivity index (χ1v) is 9.25. The minimum absolute atomic E-state index is 0. The van der Waals surface area contributed by atoms with Crippen molar-refractivity contribution in [1.29, 1.82) is 0 Å². The number of aromatic carboxylic acids is 3. The molecule has 11 heteroatoms. The van der Waals surface area contributed by atoms with E-state index in [4.69, 9.17) is 10.2 Å². The maximum absolute atomic E-state index is 13.0. The van der Waals surface area contributed by atoms with E-state index >= 15 is 0 Å². The molecule has 0 saturated heterocycles. The molecule has 3 aromatic carbocycles. The Kier molecular flexibility index (Phi) is 7.24. The van der Waals surface area contributed by atoms with Gasteiger partial charge in [0.05, 0.1) is 5.56 Å². The number of carboxylic acid groups (broad SMARTS) is 3. The molecule has 9 N–H and O–H groups in total. The van der Waals surface area contributed by atoms with Crippen molar-refractivity contribution in [1.82, 2.24) is 6.15 Å². The molecular formula is C23H19NO10. The van der Waals surface area contributed by atoms with E-state index < -0.39 is 57.6 Å². The average Bonchev–Trinajstić information content (AvgIpc) is 2.75. The maximum atomic E-state index is 13.0. The van der Waals surface area contributed by atoms with E-state index in [-0.39, 0.29) is 29.3 Å². The van der Waals surface area contributed by atoms with Gasteiger partial charge >= 0.3 is 17.9 Å². The summed E-state index contributed by atoms with van der Waals surface area (Å²) in [6.07, 6.45) is -0.0443. The first kappa shape index (κ1) is 25.4. The summed E-state index contributed by atoms with van der Waals surface area (Å²) in [5, 5.41) is 57.4. The summed E-state index contributed by atoms with van der Waals surface area (Å²) in [5.74, 6) is -7.16. The van der Waals surface area contributed by atoms with Gasteiger partial charge in [-0.3, -0.25) is 4.79 Å². The van der Waals surface area contributed by atoms with Crippen LogP contribution < -0.4 is 6.15 Å². The maximum Gasteiger partial charge on any atom is 0.339 e. The summed E-state index contributed by atoms with van der Waals surface area (Å²) < 4.78 is 0. The Bertz CT molecular complexity index is 1330. The van der Waals surface area contributed by atoms with Gasteiger partial charge in [0.25, 0.3) is 0 Å². The number of rotatable bonds is 7. The highest BCUT2D eigenvalue weighted by Crippen LogP contribution is 2.30. The minimum Gasteiger partial charge on any atom is -0.507 e. The molecule has 0 heterocycles. The van der Waals surface area contributed by atoms with Crippen LogP contribution in [0.25, 0.3) is 0 Å². The molecule has 176 valence electrons. The lowest BCUT2D eigenvalue weighted by atomic mass is 9.93. The van der Waals surface area contributed by atoms with Crippen molar-refractivity contribution in [2.45, 2.75) is 6.42 Å². The van der Waals surface area contributed by atoms with Crippen LogP contribution in [0.2, 0.25) is 0 Å². The zero-order chi connectivity index (χ0) is 24.4. The van der Waals surface area contributed by atoms with E-state index in [0.717, 1.165) is 30.3 Å². The van der Waals surface area contributed by atoms with Crippen molar-refractivity contribution in [3.63, 3.8) is 0 Å². The van der Waals surface area contributed by atoms with Crippen molar-refractivity contribution in [2.75, 3.05) is 0 Å². The van der Waals surface area contributed by atoms with Crippen molar-refractivity contribution < 1.29 is 49.8 Å². The van der Waals surface area contributed by atoms with Crippen LogP contribution in [0.4, 0.5) is 0 Å². The number of carbonyl (C=O) groups is 4. The third kappa shape index (κ3) is 4.95. The molecule has 0 aliphatic heterocycles. The molecule has 3 rings (SSSR count). The van der Waals surface area contributed by atoms with Crippen LogP contribution in [-0.4, -0.2) is 54.3 Å². The van der Waals surface area contributed by atoms with E-state index in [0.29, 0.717) is 5.56 Å².